The molecule has 2 aromatic rings. The molecule has 116 valence electrons. The van der Waals surface area contributed by atoms with Gasteiger partial charge in [-0.15, -0.1) is 11.6 Å². The molecular formula is C15H24ClN5. The summed E-state index contributed by atoms with van der Waals surface area (Å²) in [4.78, 5) is 7.18. The molecule has 1 aliphatic carbocycles. The van der Waals surface area contributed by atoms with E-state index in [1.165, 1.54) is 12.8 Å². The van der Waals surface area contributed by atoms with Crippen LogP contribution < -0.4 is 0 Å². The molecule has 1 aliphatic rings. The van der Waals surface area contributed by atoms with Crippen LogP contribution in [0.5, 0.6) is 0 Å². The van der Waals surface area contributed by atoms with E-state index in [0.29, 0.717) is 5.88 Å². The SMILES string of the molecule is CCCc1nn(C)c2c1nc(CCl)n2CCN(C)C1CC1. The van der Waals surface area contributed by atoms with Crippen molar-refractivity contribution < 1.29 is 0 Å². The number of rotatable bonds is 7. The van der Waals surface area contributed by atoms with Gasteiger partial charge in [-0.2, -0.15) is 5.10 Å². The minimum atomic E-state index is 0.452. The molecule has 0 amide bonds. The van der Waals surface area contributed by atoms with Crippen LogP contribution in [0.3, 0.4) is 0 Å². The fraction of sp³-hybridized carbons (Fsp3) is 0.733. The van der Waals surface area contributed by atoms with Crippen molar-refractivity contribution >= 4 is 22.8 Å². The Kier molecular flexibility index (Phi) is 4.22. The Morgan fingerprint density at radius 3 is 2.76 bits per heavy atom. The van der Waals surface area contributed by atoms with E-state index in [-0.39, 0.29) is 0 Å². The molecule has 0 atom stereocenters. The quantitative estimate of drug-likeness (QED) is 0.738. The molecule has 0 aromatic carbocycles. The van der Waals surface area contributed by atoms with Gasteiger partial charge in [-0.1, -0.05) is 13.3 Å². The maximum Gasteiger partial charge on any atom is 0.158 e. The third kappa shape index (κ3) is 2.81. The Morgan fingerprint density at radius 1 is 1.38 bits per heavy atom. The summed E-state index contributed by atoms with van der Waals surface area (Å²) in [7, 11) is 4.21. The molecule has 6 heteroatoms. The van der Waals surface area contributed by atoms with Crippen LogP contribution >= 0.6 is 11.6 Å². The van der Waals surface area contributed by atoms with Gasteiger partial charge >= 0.3 is 0 Å². The van der Waals surface area contributed by atoms with Crippen molar-refractivity contribution in [2.45, 2.75) is 51.1 Å². The minimum absolute atomic E-state index is 0.452. The minimum Gasteiger partial charge on any atom is -0.311 e. The predicted octanol–water partition coefficient (Wildman–Crippen LogP) is 2.56. The number of hydrogen-bond acceptors (Lipinski definition) is 3. The Morgan fingerprint density at radius 2 is 2.14 bits per heavy atom. The lowest BCUT2D eigenvalue weighted by Gasteiger charge is -2.17. The molecule has 0 saturated heterocycles. The van der Waals surface area contributed by atoms with E-state index < -0.39 is 0 Å². The largest absolute Gasteiger partial charge is 0.311 e. The highest BCUT2D eigenvalue weighted by molar-refractivity contribution is 6.16. The molecule has 2 heterocycles. The van der Waals surface area contributed by atoms with Gasteiger partial charge in [0.2, 0.25) is 0 Å². The molecule has 3 rings (SSSR count). The first kappa shape index (κ1) is 14.9. The van der Waals surface area contributed by atoms with Crippen molar-refractivity contribution in [3.63, 3.8) is 0 Å². The van der Waals surface area contributed by atoms with Crippen molar-refractivity contribution in [3.05, 3.63) is 11.5 Å². The van der Waals surface area contributed by atoms with Crippen molar-refractivity contribution in [1.82, 2.24) is 24.2 Å². The number of aromatic nitrogens is 4. The van der Waals surface area contributed by atoms with E-state index in [2.05, 4.69) is 28.5 Å². The zero-order chi connectivity index (χ0) is 15.0. The summed E-state index contributed by atoms with van der Waals surface area (Å²) in [5.74, 6) is 1.41. The average molecular weight is 310 g/mol. The standard InChI is InChI=1S/C15H24ClN5/c1-4-5-12-14-15(20(3)18-12)21(13(10-16)17-14)9-8-19(2)11-6-7-11/h11H,4-10H2,1-3H3. The fourth-order valence-corrected chi connectivity index (χ4v) is 3.19. The fourth-order valence-electron chi connectivity index (χ4n) is 2.98. The third-order valence-corrected chi connectivity index (χ3v) is 4.56. The van der Waals surface area contributed by atoms with Crippen molar-refractivity contribution in [1.29, 1.82) is 0 Å². The van der Waals surface area contributed by atoms with Crippen LogP contribution in [0.2, 0.25) is 0 Å². The van der Waals surface area contributed by atoms with Gasteiger partial charge in [0.15, 0.2) is 5.65 Å². The average Bonchev–Trinajstić information content (AvgIpc) is 3.18. The number of alkyl halides is 1. The number of fused-ring (bicyclic) bond motifs is 1. The summed E-state index contributed by atoms with van der Waals surface area (Å²) in [5.41, 5.74) is 3.23. The number of likely N-dealkylation sites (N-methyl/N-ethyl adjacent to an activating group) is 1. The normalized spacial score (nSPS) is 15.5. The third-order valence-electron chi connectivity index (χ3n) is 4.32. The first-order valence-corrected chi connectivity index (χ1v) is 8.36. The van der Waals surface area contributed by atoms with Crippen LogP contribution in [-0.4, -0.2) is 43.9 Å². The summed E-state index contributed by atoms with van der Waals surface area (Å²) >= 11 is 6.11. The Bertz CT molecular complexity index is 626. The molecule has 5 nitrogen and oxygen atoms in total. The first-order valence-electron chi connectivity index (χ1n) is 7.82. The summed E-state index contributed by atoms with van der Waals surface area (Å²) < 4.78 is 4.20. The summed E-state index contributed by atoms with van der Waals surface area (Å²) in [5, 5.41) is 4.63. The van der Waals surface area contributed by atoms with Crippen LogP contribution in [0, 0.1) is 0 Å². The van der Waals surface area contributed by atoms with Gasteiger partial charge < -0.3 is 9.47 Å². The zero-order valence-corrected chi connectivity index (χ0v) is 13.9. The van der Waals surface area contributed by atoms with E-state index in [1.807, 2.05) is 11.7 Å². The van der Waals surface area contributed by atoms with E-state index in [1.54, 1.807) is 0 Å². The molecule has 0 radical (unpaired) electrons. The lowest BCUT2D eigenvalue weighted by molar-refractivity contribution is 0.309. The highest BCUT2D eigenvalue weighted by atomic mass is 35.5. The lowest BCUT2D eigenvalue weighted by Crippen LogP contribution is -2.26. The van der Waals surface area contributed by atoms with E-state index >= 15 is 0 Å². The summed E-state index contributed by atoms with van der Waals surface area (Å²) in [6, 6.07) is 0.783. The van der Waals surface area contributed by atoms with E-state index in [4.69, 9.17) is 16.6 Å². The zero-order valence-electron chi connectivity index (χ0n) is 13.1. The van der Waals surface area contributed by atoms with Gasteiger partial charge in [0, 0.05) is 26.2 Å². The molecule has 0 bridgehead atoms. The molecule has 1 saturated carbocycles. The molecular weight excluding hydrogens is 286 g/mol. The lowest BCUT2D eigenvalue weighted by atomic mass is 10.2. The van der Waals surface area contributed by atoms with Gasteiger partial charge in [0.1, 0.15) is 11.3 Å². The predicted molar refractivity (Wildman–Crippen MR) is 85.7 cm³/mol. The second kappa shape index (κ2) is 5.97. The van der Waals surface area contributed by atoms with Gasteiger partial charge in [-0.3, -0.25) is 4.68 Å². The van der Waals surface area contributed by atoms with Gasteiger partial charge in [0.25, 0.3) is 0 Å². The summed E-state index contributed by atoms with van der Waals surface area (Å²) in [6.07, 6.45) is 4.73. The van der Waals surface area contributed by atoms with Gasteiger partial charge in [-0.05, 0) is 26.3 Å². The number of hydrogen-bond donors (Lipinski definition) is 0. The second-order valence-corrected chi connectivity index (χ2v) is 6.28. The number of halogens is 1. The topological polar surface area (TPSA) is 38.9 Å². The molecule has 0 aliphatic heterocycles. The smallest absolute Gasteiger partial charge is 0.158 e. The Hall–Kier alpha value is -1.07. The molecule has 2 aromatic heterocycles. The van der Waals surface area contributed by atoms with Crippen LogP contribution in [0.4, 0.5) is 0 Å². The van der Waals surface area contributed by atoms with Crippen molar-refractivity contribution in [2.24, 2.45) is 7.05 Å². The first-order chi connectivity index (χ1) is 10.2. The van der Waals surface area contributed by atoms with E-state index in [0.717, 1.165) is 54.7 Å². The van der Waals surface area contributed by atoms with Crippen LogP contribution in [0.1, 0.15) is 37.7 Å². The highest BCUT2D eigenvalue weighted by Crippen LogP contribution is 2.26. The van der Waals surface area contributed by atoms with Crippen molar-refractivity contribution in [2.75, 3.05) is 13.6 Å². The van der Waals surface area contributed by atoms with Crippen LogP contribution in [0.25, 0.3) is 11.2 Å². The monoisotopic (exact) mass is 309 g/mol. The second-order valence-electron chi connectivity index (χ2n) is 6.02. The van der Waals surface area contributed by atoms with Gasteiger partial charge in [-0.25, -0.2) is 4.98 Å². The Balaban J connectivity index is 1.91. The van der Waals surface area contributed by atoms with Gasteiger partial charge in [0.05, 0.1) is 11.6 Å². The maximum absolute atomic E-state index is 6.11. The highest BCUT2D eigenvalue weighted by Gasteiger charge is 2.26. The molecule has 0 N–H and O–H groups in total. The van der Waals surface area contributed by atoms with E-state index in [9.17, 15) is 0 Å². The van der Waals surface area contributed by atoms with Crippen LogP contribution in [-0.2, 0) is 25.9 Å². The Labute approximate surface area is 130 Å². The summed E-state index contributed by atoms with van der Waals surface area (Å²) in [6.45, 7) is 4.13. The molecule has 21 heavy (non-hydrogen) atoms. The molecule has 0 unspecified atom stereocenters. The molecule has 1 fully saturated rings. The number of aryl methyl sites for hydroxylation is 2. The number of nitrogens with zero attached hydrogens (tertiary/aromatic N) is 5. The van der Waals surface area contributed by atoms with Crippen LogP contribution in [0.15, 0.2) is 0 Å². The maximum atomic E-state index is 6.11. The molecule has 0 spiro atoms. The number of imidazole rings is 1. The van der Waals surface area contributed by atoms with Crippen molar-refractivity contribution in [3.8, 4) is 0 Å².